The maximum atomic E-state index is 5.76. The van der Waals surface area contributed by atoms with E-state index in [0.29, 0.717) is 12.2 Å². The zero-order valence-corrected chi connectivity index (χ0v) is 13.5. The number of nitrogens with one attached hydrogen (secondary N) is 1. The molecule has 0 spiro atoms. The van der Waals surface area contributed by atoms with Crippen molar-refractivity contribution in [2.75, 3.05) is 26.3 Å². The average molecular weight is 273 g/mol. The first-order valence-electron chi connectivity index (χ1n) is 8.22. The van der Waals surface area contributed by atoms with Gasteiger partial charge in [-0.2, -0.15) is 0 Å². The van der Waals surface area contributed by atoms with Gasteiger partial charge in [0.25, 0.3) is 0 Å². The Balaban J connectivity index is 3.19. The van der Waals surface area contributed by atoms with Gasteiger partial charge in [0.05, 0.1) is 12.2 Å². The van der Waals surface area contributed by atoms with Gasteiger partial charge >= 0.3 is 0 Å². The van der Waals surface area contributed by atoms with Gasteiger partial charge < -0.3 is 14.8 Å². The fourth-order valence-electron chi connectivity index (χ4n) is 2.07. The molecule has 19 heavy (non-hydrogen) atoms. The summed E-state index contributed by atoms with van der Waals surface area (Å²) in [4.78, 5) is 0. The van der Waals surface area contributed by atoms with Gasteiger partial charge in [-0.25, -0.2) is 0 Å². The maximum absolute atomic E-state index is 5.76. The zero-order chi connectivity index (χ0) is 14.3. The molecule has 0 atom stereocenters. The van der Waals surface area contributed by atoms with Crippen molar-refractivity contribution in [2.24, 2.45) is 0 Å². The van der Waals surface area contributed by atoms with Crippen molar-refractivity contribution < 1.29 is 9.47 Å². The fourth-order valence-corrected chi connectivity index (χ4v) is 2.07. The van der Waals surface area contributed by atoms with Crippen LogP contribution in [0.25, 0.3) is 0 Å². The Morgan fingerprint density at radius 2 is 1.05 bits per heavy atom. The van der Waals surface area contributed by atoms with Crippen molar-refractivity contribution in [2.45, 2.75) is 78.4 Å². The Morgan fingerprint density at radius 1 is 0.684 bits per heavy atom. The standard InChI is InChI=1S/C16H35NO2/c1-5-15(6-2)18-13-9-11-17-12-10-14-19-16(7-3)8-4/h15-17H,5-14H2,1-4H3. The number of ether oxygens (including phenoxy) is 2. The quantitative estimate of drug-likeness (QED) is 0.489. The minimum absolute atomic E-state index is 0.452. The second kappa shape index (κ2) is 14.3. The Morgan fingerprint density at radius 3 is 1.37 bits per heavy atom. The van der Waals surface area contributed by atoms with E-state index in [9.17, 15) is 0 Å². The highest BCUT2D eigenvalue weighted by Gasteiger charge is 2.03. The molecule has 3 heteroatoms. The molecule has 0 amide bonds. The molecule has 0 unspecified atom stereocenters. The van der Waals surface area contributed by atoms with Crippen LogP contribution < -0.4 is 5.32 Å². The largest absolute Gasteiger partial charge is 0.378 e. The molecule has 0 heterocycles. The van der Waals surface area contributed by atoms with Crippen LogP contribution in [-0.4, -0.2) is 38.5 Å². The van der Waals surface area contributed by atoms with Crippen LogP contribution in [0.2, 0.25) is 0 Å². The minimum Gasteiger partial charge on any atom is -0.378 e. The van der Waals surface area contributed by atoms with Gasteiger partial charge in [0.1, 0.15) is 0 Å². The third-order valence-electron chi connectivity index (χ3n) is 3.52. The van der Waals surface area contributed by atoms with Gasteiger partial charge in [-0.3, -0.25) is 0 Å². The minimum atomic E-state index is 0.452. The summed E-state index contributed by atoms with van der Waals surface area (Å²) in [7, 11) is 0. The molecule has 0 aliphatic carbocycles. The average Bonchev–Trinajstić information content (AvgIpc) is 2.45. The molecule has 1 N–H and O–H groups in total. The second-order valence-corrected chi connectivity index (χ2v) is 5.08. The van der Waals surface area contributed by atoms with Crippen LogP contribution in [0.15, 0.2) is 0 Å². The van der Waals surface area contributed by atoms with Gasteiger partial charge in [-0.1, -0.05) is 27.7 Å². The molecule has 116 valence electrons. The first-order valence-corrected chi connectivity index (χ1v) is 8.22. The van der Waals surface area contributed by atoms with Gasteiger partial charge in [-0.05, 0) is 51.6 Å². The third-order valence-corrected chi connectivity index (χ3v) is 3.52. The molecule has 0 aromatic rings. The smallest absolute Gasteiger partial charge is 0.0569 e. The Labute approximate surface area is 120 Å². The van der Waals surface area contributed by atoms with Crippen LogP contribution in [0.3, 0.4) is 0 Å². The first-order chi connectivity index (χ1) is 9.28. The van der Waals surface area contributed by atoms with Crippen molar-refractivity contribution in [1.29, 1.82) is 0 Å². The summed E-state index contributed by atoms with van der Waals surface area (Å²) in [5.41, 5.74) is 0. The number of rotatable bonds is 14. The lowest BCUT2D eigenvalue weighted by Crippen LogP contribution is -2.21. The second-order valence-electron chi connectivity index (χ2n) is 5.08. The van der Waals surface area contributed by atoms with Crippen LogP contribution in [0.5, 0.6) is 0 Å². The van der Waals surface area contributed by atoms with Crippen molar-refractivity contribution >= 4 is 0 Å². The molecule has 0 saturated carbocycles. The van der Waals surface area contributed by atoms with E-state index in [1.54, 1.807) is 0 Å². The zero-order valence-electron chi connectivity index (χ0n) is 13.5. The van der Waals surface area contributed by atoms with E-state index >= 15 is 0 Å². The molecule has 0 aliphatic heterocycles. The van der Waals surface area contributed by atoms with E-state index in [1.165, 1.54) is 0 Å². The Hall–Kier alpha value is -0.120. The van der Waals surface area contributed by atoms with E-state index in [1.807, 2.05) is 0 Å². The van der Waals surface area contributed by atoms with Crippen molar-refractivity contribution in [3.05, 3.63) is 0 Å². The summed E-state index contributed by atoms with van der Waals surface area (Å²) in [6.45, 7) is 12.6. The highest BCUT2D eigenvalue weighted by molar-refractivity contribution is 4.54. The molecule has 0 fully saturated rings. The van der Waals surface area contributed by atoms with Crippen molar-refractivity contribution in [1.82, 2.24) is 5.32 Å². The highest BCUT2D eigenvalue weighted by Crippen LogP contribution is 2.03. The molecule has 0 aromatic carbocycles. The number of hydrogen-bond acceptors (Lipinski definition) is 3. The van der Waals surface area contributed by atoms with E-state index in [4.69, 9.17) is 9.47 Å². The fraction of sp³-hybridized carbons (Fsp3) is 1.00. The Bertz CT molecular complexity index is 150. The van der Waals surface area contributed by atoms with Gasteiger partial charge in [-0.15, -0.1) is 0 Å². The lowest BCUT2D eigenvalue weighted by molar-refractivity contribution is 0.0442. The predicted molar refractivity (Wildman–Crippen MR) is 82.7 cm³/mol. The molecule has 0 aliphatic rings. The van der Waals surface area contributed by atoms with Crippen molar-refractivity contribution in [3.63, 3.8) is 0 Å². The number of hydrogen-bond donors (Lipinski definition) is 1. The van der Waals surface area contributed by atoms with Gasteiger partial charge in [0.2, 0.25) is 0 Å². The summed E-state index contributed by atoms with van der Waals surface area (Å²) >= 11 is 0. The molecule has 3 nitrogen and oxygen atoms in total. The SMILES string of the molecule is CCC(CC)OCCCNCCCOC(CC)CC. The molecule has 0 saturated heterocycles. The van der Waals surface area contributed by atoms with Crippen LogP contribution in [0.1, 0.15) is 66.2 Å². The van der Waals surface area contributed by atoms with Crippen LogP contribution in [0.4, 0.5) is 0 Å². The monoisotopic (exact) mass is 273 g/mol. The molecular weight excluding hydrogens is 238 g/mol. The molecule has 0 radical (unpaired) electrons. The van der Waals surface area contributed by atoms with Crippen LogP contribution >= 0.6 is 0 Å². The normalized spacial score (nSPS) is 11.7. The summed E-state index contributed by atoms with van der Waals surface area (Å²) in [6, 6.07) is 0. The van der Waals surface area contributed by atoms with Crippen LogP contribution in [0, 0.1) is 0 Å². The molecular formula is C16H35NO2. The van der Waals surface area contributed by atoms with Gasteiger partial charge in [0.15, 0.2) is 0 Å². The van der Waals surface area contributed by atoms with E-state index in [-0.39, 0.29) is 0 Å². The maximum Gasteiger partial charge on any atom is 0.0569 e. The van der Waals surface area contributed by atoms with E-state index in [2.05, 4.69) is 33.0 Å². The van der Waals surface area contributed by atoms with E-state index < -0.39 is 0 Å². The Kier molecular flexibility index (Phi) is 14.2. The van der Waals surface area contributed by atoms with Crippen LogP contribution in [-0.2, 0) is 9.47 Å². The summed E-state index contributed by atoms with van der Waals surface area (Å²) < 4.78 is 11.5. The molecule has 0 rings (SSSR count). The molecule has 0 aromatic heterocycles. The third kappa shape index (κ3) is 11.4. The predicted octanol–water partition coefficient (Wildman–Crippen LogP) is 3.77. The lowest BCUT2D eigenvalue weighted by atomic mass is 10.2. The lowest BCUT2D eigenvalue weighted by Gasteiger charge is -2.14. The summed E-state index contributed by atoms with van der Waals surface area (Å²) in [6.07, 6.45) is 7.60. The summed E-state index contributed by atoms with van der Waals surface area (Å²) in [5.74, 6) is 0. The van der Waals surface area contributed by atoms with Crippen molar-refractivity contribution in [3.8, 4) is 0 Å². The topological polar surface area (TPSA) is 30.5 Å². The van der Waals surface area contributed by atoms with Gasteiger partial charge in [0, 0.05) is 13.2 Å². The first kappa shape index (κ1) is 18.9. The summed E-state index contributed by atoms with van der Waals surface area (Å²) in [5, 5.41) is 3.44. The van der Waals surface area contributed by atoms with E-state index in [0.717, 1.165) is 64.8 Å². The highest BCUT2D eigenvalue weighted by atomic mass is 16.5. The molecule has 0 bridgehead atoms.